The van der Waals surface area contributed by atoms with Crippen molar-refractivity contribution in [3.8, 4) is 0 Å². The molecule has 1 unspecified atom stereocenters. The molecule has 1 aromatic carbocycles. The predicted octanol–water partition coefficient (Wildman–Crippen LogP) is 4.20. The normalized spacial score (nSPS) is 12.9. The van der Waals surface area contributed by atoms with Crippen LogP contribution in [0.4, 0.5) is 0 Å². The number of aryl methyl sites for hydroxylation is 1. The summed E-state index contributed by atoms with van der Waals surface area (Å²) in [6.45, 7) is 11.3. The Morgan fingerprint density at radius 2 is 1.83 bits per heavy atom. The Morgan fingerprint density at radius 3 is 2.44 bits per heavy atom. The molecule has 0 fully saturated rings. The summed E-state index contributed by atoms with van der Waals surface area (Å²) >= 11 is 0. The van der Waals surface area contributed by atoms with Crippen molar-refractivity contribution in [2.45, 2.75) is 47.0 Å². The molecule has 1 N–H and O–H groups in total. The van der Waals surface area contributed by atoms with Crippen molar-refractivity contribution in [2.75, 3.05) is 13.1 Å². The Bertz CT molecular complexity index is 330. The van der Waals surface area contributed by atoms with Gasteiger partial charge in [-0.3, -0.25) is 0 Å². The number of rotatable bonds is 8. The van der Waals surface area contributed by atoms with Crippen molar-refractivity contribution in [1.29, 1.82) is 0 Å². The van der Waals surface area contributed by atoms with E-state index in [1.807, 2.05) is 0 Å². The summed E-state index contributed by atoms with van der Waals surface area (Å²) in [7, 11) is 0. The van der Waals surface area contributed by atoms with E-state index in [4.69, 9.17) is 0 Å². The first kappa shape index (κ1) is 15.2. The van der Waals surface area contributed by atoms with Crippen LogP contribution in [-0.4, -0.2) is 13.1 Å². The van der Waals surface area contributed by atoms with Gasteiger partial charge < -0.3 is 5.32 Å². The molecule has 0 saturated heterocycles. The first-order valence-electron chi connectivity index (χ1n) is 7.38. The molecule has 0 amide bonds. The zero-order valence-corrected chi connectivity index (χ0v) is 12.5. The van der Waals surface area contributed by atoms with Crippen LogP contribution in [0.2, 0.25) is 0 Å². The molecule has 18 heavy (non-hydrogen) atoms. The average molecular weight is 247 g/mol. The highest BCUT2D eigenvalue weighted by atomic mass is 14.9. The van der Waals surface area contributed by atoms with Crippen LogP contribution < -0.4 is 5.32 Å². The number of hydrogen-bond acceptors (Lipinski definition) is 1. The van der Waals surface area contributed by atoms with E-state index >= 15 is 0 Å². The highest BCUT2D eigenvalue weighted by molar-refractivity contribution is 5.25. The van der Waals surface area contributed by atoms with Crippen molar-refractivity contribution < 1.29 is 0 Å². The molecule has 0 aliphatic carbocycles. The Balaban J connectivity index is 2.49. The van der Waals surface area contributed by atoms with Gasteiger partial charge in [0.2, 0.25) is 0 Å². The third-order valence-electron chi connectivity index (χ3n) is 3.45. The Morgan fingerprint density at radius 1 is 1.11 bits per heavy atom. The maximum absolute atomic E-state index is 3.61. The van der Waals surface area contributed by atoms with Crippen molar-refractivity contribution >= 4 is 0 Å². The van der Waals surface area contributed by atoms with E-state index in [1.54, 1.807) is 0 Å². The lowest BCUT2D eigenvalue weighted by molar-refractivity contribution is 0.420. The van der Waals surface area contributed by atoms with Crippen LogP contribution in [-0.2, 0) is 6.42 Å². The zero-order valence-electron chi connectivity index (χ0n) is 12.5. The lowest BCUT2D eigenvalue weighted by atomic mass is 9.92. The fourth-order valence-corrected chi connectivity index (χ4v) is 2.41. The standard InChI is InChI=1S/C17H29N/c1-5-8-16(13-18-12-14(2)3)11-17-10-7-6-9-15(17)4/h6-7,9-10,14,16,18H,5,8,11-13H2,1-4H3. The minimum Gasteiger partial charge on any atom is -0.316 e. The second kappa shape index (κ2) is 8.31. The van der Waals surface area contributed by atoms with Gasteiger partial charge in [-0.1, -0.05) is 51.5 Å². The largest absolute Gasteiger partial charge is 0.316 e. The van der Waals surface area contributed by atoms with Crippen LogP contribution in [0.3, 0.4) is 0 Å². The highest BCUT2D eigenvalue weighted by Crippen LogP contribution is 2.16. The van der Waals surface area contributed by atoms with Crippen LogP contribution in [0, 0.1) is 18.8 Å². The zero-order chi connectivity index (χ0) is 13.4. The van der Waals surface area contributed by atoms with E-state index in [-0.39, 0.29) is 0 Å². The van der Waals surface area contributed by atoms with E-state index in [1.165, 1.54) is 30.4 Å². The molecule has 0 aliphatic heterocycles. The monoisotopic (exact) mass is 247 g/mol. The van der Waals surface area contributed by atoms with Crippen LogP contribution in [0.5, 0.6) is 0 Å². The fourth-order valence-electron chi connectivity index (χ4n) is 2.41. The molecular weight excluding hydrogens is 218 g/mol. The van der Waals surface area contributed by atoms with E-state index < -0.39 is 0 Å². The summed E-state index contributed by atoms with van der Waals surface area (Å²) in [4.78, 5) is 0. The van der Waals surface area contributed by atoms with Crippen molar-refractivity contribution in [3.63, 3.8) is 0 Å². The lowest BCUT2D eigenvalue weighted by Crippen LogP contribution is -2.27. The lowest BCUT2D eigenvalue weighted by Gasteiger charge is -2.19. The van der Waals surface area contributed by atoms with Crippen molar-refractivity contribution in [2.24, 2.45) is 11.8 Å². The van der Waals surface area contributed by atoms with Crippen LogP contribution in [0.15, 0.2) is 24.3 Å². The van der Waals surface area contributed by atoms with Gasteiger partial charge in [-0.15, -0.1) is 0 Å². The van der Waals surface area contributed by atoms with Gasteiger partial charge >= 0.3 is 0 Å². The smallest absolute Gasteiger partial charge is 0.00172 e. The second-order valence-electron chi connectivity index (χ2n) is 5.84. The summed E-state index contributed by atoms with van der Waals surface area (Å²) in [6, 6.07) is 8.79. The molecule has 1 nitrogen and oxygen atoms in total. The number of nitrogens with one attached hydrogen (secondary N) is 1. The third kappa shape index (κ3) is 5.68. The van der Waals surface area contributed by atoms with Crippen molar-refractivity contribution in [1.82, 2.24) is 5.32 Å². The predicted molar refractivity (Wildman–Crippen MR) is 81.0 cm³/mol. The molecule has 0 spiro atoms. The molecular formula is C17H29N. The van der Waals surface area contributed by atoms with E-state index in [2.05, 4.69) is 57.3 Å². The molecule has 0 heterocycles. The van der Waals surface area contributed by atoms with Gasteiger partial charge in [-0.05, 0) is 55.8 Å². The maximum atomic E-state index is 3.61. The molecule has 0 bridgehead atoms. The average Bonchev–Trinajstić information content (AvgIpc) is 2.32. The van der Waals surface area contributed by atoms with E-state index in [9.17, 15) is 0 Å². The number of benzene rings is 1. The first-order valence-corrected chi connectivity index (χ1v) is 7.38. The molecule has 1 rings (SSSR count). The van der Waals surface area contributed by atoms with Gasteiger partial charge in [0.25, 0.3) is 0 Å². The van der Waals surface area contributed by atoms with E-state index in [0.29, 0.717) is 0 Å². The van der Waals surface area contributed by atoms with Crippen LogP contribution in [0.25, 0.3) is 0 Å². The number of hydrogen-bond donors (Lipinski definition) is 1. The van der Waals surface area contributed by atoms with Gasteiger partial charge in [0.05, 0.1) is 0 Å². The fraction of sp³-hybridized carbons (Fsp3) is 0.647. The Hall–Kier alpha value is -0.820. The molecule has 1 aromatic rings. The summed E-state index contributed by atoms with van der Waals surface area (Å²) in [5.74, 6) is 1.51. The Kier molecular flexibility index (Phi) is 7.04. The van der Waals surface area contributed by atoms with Crippen molar-refractivity contribution in [3.05, 3.63) is 35.4 Å². The minimum absolute atomic E-state index is 0.741. The minimum atomic E-state index is 0.741. The molecule has 1 atom stereocenters. The molecule has 102 valence electrons. The van der Waals surface area contributed by atoms with E-state index in [0.717, 1.165) is 24.9 Å². The molecule has 1 heteroatoms. The summed E-state index contributed by atoms with van der Waals surface area (Å²) in [5.41, 5.74) is 2.95. The van der Waals surface area contributed by atoms with Crippen LogP contribution in [0.1, 0.15) is 44.7 Å². The molecule has 0 aliphatic rings. The molecule has 0 saturated carbocycles. The van der Waals surface area contributed by atoms with Gasteiger partial charge in [0.15, 0.2) is 0 Å². The van der Waals surface area contributed by atoms with Gasteiger partial charge in [-0.25, -0.2) is 0 Å². The summed E-state index contributed by atoms with van der Waals surface area (Å²) in [5, 5.41) is 3.61. The quantitative estimate of drug-likeness (QED) is 0.726. The highest BCUT2D eigenvalue weighted by Gasteiger charge is 2.10. The first-order chi connectivity index (χ1) is 8.63. The topological polar surface area (TPSA) is 12.0 Å². The molecule has 0 aromatic heterocycles. The SMILES string of the molecule is CCCC(CNCC(C)C)Cc1ccccc1C. The third-order valence-corrected chi connectivity index (χ3v) is 3.45. The Labute approximate surface area is 113 Å². The summed E-state index contributed by atoms with van der Waals surface area (Å²) < 4.78 is 0. The molecule has 0 radical (unpaired) electrons. The summed E-state index contributed by atoms with van der Waals surface area (Å²) in [6.07, 6.45) is 3.81. The van der Waals surface area contributed by atoms with Gasteiger partial charge in [-0.2, -0.15) is 0 Å². The maximum Gasteiger partial charge on any atom is -0.00172 e. The van der Waals surface area contributed by atoms with Gasteiger partial charge in [0.1, 0.15) is 0 Å². The van der Waals surface area contributed by atoms with Crippen LogP contribution >= 0.6 is 0 Å². The second-order valence-corrected chi connectivity index (χ2v) is 5.84. The van der Waals surface area contributed by atoms with Gasteiger partial charge in [0, 0.05) is 0 Å².